The van der Waals surface area contributed by atoms with Crippen LogP contribution >= 0.6 is 15.6 Å². The fraction of sp³-hybridized carbons (Fsp3) is 0.782. The van der Waals surface area contributed by atoms with Crippen molar-refractivity contribution in [2.75, 3.05) is 39.6 Å². The summed E-state index contributed by atoms with van der Waals surface area (Å²) in [5.41, 5.74) is 0. The third-order valence-electron chi connectivity index (χ3n) is 18.3. The lowest BCUT2D eigenvalue weighted by Crippen LogP contribution is -2.30. The second-order valence-electron chi connectivity index (χ2n) is 28.6. The summed E-state index contributed by atoms with van der Waals surface area (Å²) in [5.74, 6) is -1.58. The van der Waals surface area contributed by atoms with E-state index in [1.54, 1.807) is 0 Å². The molecule has 0 saturated carbocycles. The molecule has 610 valence electrons. The van der Waals surface area contributed by atoms with E-state index in [9.17, 15) is 43.5 Å². The van der Waals surface area contributed by atoms with E-state index in [0.29, 0.717) is 19.3 Å². The molecule has 0 aliphatic heterocycles. The van der Waals surface area contributed by atoms with Gasteiger partial charge < -0.3 is 34.2 Å². The van der Waals surface area contributed by atoms with Crippen molar-refractivity contribution in [3.8, 4) is 0 Å². The Balaban J connectivity index is 4.37. The number of esters is 3. The molecule has 5 atom stereocenters. The van der Waals surface area contributed by atoms with Gasteiger partial charge in [-0.3, -0.25) is 32.5 Å². The standard InChI is InChI=1S/C87H156O16P2/c1-4-7-10-13-16-19-22-25-27-29-31-33-34-35-36-37-38-39-40-41-42-43-44-45-46-48-50-51-53-56-58-61-64-67-70-73-85(90)97-76-82(88)77-99-104(93,94)100-78-83(89)79-101-105(95,96)102-81-84(103-87(92)75-72-69-66-63-60-55-24-21-18-15-12-9-6-3)80-98-86(91)74-71-68-65-62-59-57-54-52-49-47-32-30-28-26-23-20-17-14-11-8-5-2/h16-17,19-20,25-28,31-33,35-36,47,52,54,82-84,88-89H,4-15,18,21-24,29-30,34,37-46,48-51,53,55-81H2,1-3H3,(H,93,94)(H,95,96)/b19-16-,20-17-,27-25-,28-26-,33-31-,36-35-,47-32-,54-52-. The minimum Gasteiger partial charge on any atom is -0.463 e. The summed E-state index contributed by atoms with van der Waals surface area (Å²) in [6, 6.07) is 0. The van der Waals surface area contributed by atoms with Crippen LogP contribution in [-0.4, -0.2) is 95.9 Å². The molecule has 0 fully saturated rings. The summed E-state index contributed by atoms with van der Waals surface area (Å²) >= 11 is 0. The maximum absolute atomic E-state index is 13.0. The van der Waals surface area contributed by atoms with E-state index in [2.05, 4.69) is 118 Å². The first-order valence-corrected chi connectivity index (χ1v) is 45.5. The monoisotopic (exact) mass is 1520 g/mol. The van der Waals surface area contributed by atoms with E-state index in [1.807, 2.05) is 0 Å². The highest BCUT2D eigenvalue weighted by molar-refractivity contribution is 7.47. The molecular weight excluding hydrogens is 1360 g/mol. The minimum atomic E-state index is -4.93. The SMILES string of the molecule is CCCCC/C=C\C/C=C\C/C=C\C/C=C\CCCCCCCCCCCCCCCCCCCCCC(=O)OCC(O)COP(=O)(O)OCC(O)COP(=O)(O)OCC(COC(=O)CCCCCCC/C=C\C/C=C\C/C=C\C/C=C\CCCCC)OC(=O)CCCCCCCCCCCCCCC. The first-order valence-electron chi connectivity index (χ1n) is 42.5. The molecule has 0 amide bonds. The highest BCUT2D eigenvalue weighted by Crippen LogP contribution is 2.45. The number of ether oxygens (including phenoxy) is 3. The molecule has 0 rings (SSSR count). The van der Waals surface area contributed by atoms with Gasteiger partial charge >= 0.3 is 33.6 Å². The number of phosphoric acid groups is 2. The third kappa shape index (κ3) is 81.3. The third-order valence-corrected chi connectivity index (χ3v) is 20.2. The van der Waals surface area contributed by atoms with Crippen LogP contribution in [0, 0.1) is 0 Å². The maximum atomic E-state index is 13.0. The Morgan fingerprint density at radius 2 is 0.476 bits per heavy atom. The molecule has 0 heterocycles. The molecule has 18 heteroatoms. The number of allylic oxidation sites excluding steroid dienone is 16. The highest BCUT2D eigenvalue weighted by atomic mass is 31.2. The van der Waals surface area contributed by atoms with Gasteiger partial charge in [0.2, 0.25) is 0 Å². The van der Waals surface area contributed by atoms with Gasteiger partial charge in [-0.15, -0.1) is 0 Å². The van der Waals surface area contributed by atoms with Crippen LogP contribution in [0.1, 0.15) is 380 Å². The predicted octanol–water partition coefficient (Wildman–Crippen LogP) is 25.3. The normalized spacial score (nSPS) is 14.4. The van der Waals surface area contributed by atoms with Gasteiger partial charge in [0.1, 0.15) is 25.4 Å². The van der Waals surface area contributed by atoms with Gasteiger partial charge in [-0.2, -0.15) is 0 Å². The molecule has 4 N–H and O–H groups in total. The van der Waals surface area contributed by atoms with E-state index in [4.69, 9.17) is 32.3 Å². The number of unbranched alkanes of at least 4 members (excludes halogenated alkanes) is 42. The molecule has 5 unspecified atom stereocenters. The van der Waals surface area contributed by atoms with Crippen LogP contribution in [0.15, 0.2) is 97.2 Å². The zero-order valence-corrected chi connectivity index (χ0v) is 68.7. The van der Waals surface area contributed by atoms with Gasteiger partial charge in [-0.1, -0.05) is 349 Å². The molecule has 0 aromatic carbocycles. The van der Waals surface area contributed by atoms with Crippen molar-refractivity contribution in [1.29, 1.82) is 0 Å². The van der Waals surface area contributed by atoms with Gasteiger partial charge in [0.25, 0.3) is 0 Å². The van der Waals surface area contributed by atoms with Crippen LogP contribution in [0.25, 0.3) is 0 Å². The Morgan fingerprint density at radius 3 is 0.771 bits per heavy atom. The molecule has 0 aromatic heterocycles. The number of carbonyl (C=O) groups is 3. The van der Waals surface area contributed by atoms with Crippen molar-refractivity contribution >= 4 is 33.6 Å². The molecule has 0 aromatic rings. The van der Waals surface area contributed by atoms with Crippen molar-refractivity contribution in [3.05, 3.63) is 97.2 Å². The zero-order chi connectivity index (χ0) is 76.6. The molecule has 0 radical (unpaired) electrons. The summed E-state index contributed by atoms with van der Waals surface area (Å²) < 4.78 is 61.2. The minimum absolute atomic E-state index is 0.104. The van der Waals surface area contributed by atoms with Gasteiger partial charge in [0, 0.05) is 19.3 Å². The molecule has 0 bridgehead atoms. The molecule has 0 aliphatic carbocycles. The van der Waals surface area contributed by atoms with E-state index >= 15 is 0 Å². The topological polar surface area (TPSA) is 231 Å². The predicted molar refractivity (Wildman–Crippen MR) is 436 cm³/mol. The van der Waals surface area contributed by atoms with Crippen molar-refractivity contribution < 1.29 is 75.8 Å². The average Bonchev–Trinajstić information content (AvgIpc) is 1.03. The van der Waals surface area contributed by atoms with E-state index in [0.717, 1.165) is 116 Å². The lowest BCUT2D eigenvalue weighted by Gasteiger charge is -2.21. The van der Waals surface area contributed by atoms with Crippen LogP contribution in [0.3, 0.4) is 0 Å². The largest absolute Gasteiger partial charge is 0.472 e. The van der Waals surface area contributed by atoms with Crippen LogP contribution in [0.5, 0.6) is 0 Å². The average molecular weight is 1520 g/mol. The molecular formula is C87H156O16P2. The van der Waals surface area contributed by atoms with Gasteiger partial charge in [-0.25, -0.2) is 9.13 Å². The maximum Gasteiger partial charge on any atom is 0.472 e. The Kier molecular flexibility index (Phi) is 77.3. The Bertz CT molecular complexity index is 2300. The highest BCUT2D eigenvalue weighted by Gasteiger charge is 2.29. The first-order chi connectivity index (χ1) is 51.2. The number of aliphatic hydroxyl groups excluding tert-OH is 2. The van der Waals surface area contributed by atoms with Gasteiger partial charge in [-0.05, 0) is 109 Å². The number of phosphoric ester groups is 2. The van der Waals surface area contributed by atoms with Crippen LogP contribution < -0.4 is 0 Å². The van der Waals surface area contributed by atoms with Crippen molar-refractivity contribution in [2.24, 2.45) is 0 Å². The van der Waals surface area contributed by atoms with Crippen LogP contribution in [0.4, 0.5) is 0 Å². The first kappa shape index (κ1) is 101. The van der Waals surface area contributed by atoms with Crippen LogP contribution in [-0.2, 0) is 55.8 Å². The summed E-state index contributed by atoms with van der Waals surface area (Å²) in [6.07, 6.45) is 93.3. The quantitative estimate of drug-likeness (QED) is 0.0146. The number of rotatable bonds is 81. The molecule has 105 heavy (non-hydrogen) atoms. The Labute approximate surface area is 641 Å². The van der Waals surface area contributed by atoms with Gasteiger partial charge in [0.15, 0.2) is 6.10 Å². The Hall–Kier alpha value is -3.53. The lowest BCUT2D eigenvalue weighted by atomic mass is 10.0. The van der Waals surface area contributed by atoms with Crippen LogP contribution in [0.2, 0.25) is 0 Å². The fourth-order valence-corrected chi connectivity index (χ4v) is 13.4. The zero-order valence-electron chi connectivity index (χ0n) is 66.9. The summed E-state index contributed by atoms with van der Waals surface area (Å²) in [5, 5.41) is 20.7. The molecule has 0 aliphatic rings. The number of hydrogen-bond acceptors (Lipinski definition) is 14. The second-order valence-corrected chi connectivity index (χ2v) is 31.5. The van der Waals surface area contributed by atoms with E-state index in [1.165, 1.54) is 205 Å². The lowest BCUT2D eigenvalue weighted by molar-refractivity contribution is -0.161. The second kappa shape index (κ2) is 80.0. The van der Waals surface area contributed by atoms with Crippen molar-refractivity contribution in [2.45, 2.75) is 399 Å². The number of aliphatic hydroxyl groups is 2. The summed E-state index contributed by atoms with van der Waals surface area (Å²) in [6.45, 7) is 2.65. The van der Waals surface area contributed by atoms with E-state index < -0.39 is 91.5 Å². The van der Waals surface area contributed by atoms with Gasteiger partial charge in [0.05, 0.1) is 26.4 Å². The molecule has 0 saturated heterocycles. The van der Waals surface area contributed by atoms with E-state index in [-0.39, 0.29) is 19.3 Å². The molecule has 0 spiro atoms. The smallest absolute Gasteiger partial charge is 0.463 e. The number of carbonyl (C=O) groups excluding carboxylic acids is 3. The summed E-state index contributed by atoms with van der Waals surface area (Å²) in [4.78, 5) is 58.7. The van der Waals surface area contributed by atoms with Crippen molar-refractivity contribution in [1.82, 2.24) is 0 Å². The summed E-state index contributed by atoms with van der Waals surface area (Å²) in [7, 11) is -9.78. The Morgan fingerprint density at radius 1 is 0.267 bits per heavy atom. The fourth-order valence-electron chi connectivity index (χ4n) is 11.8. The van der Waals surface area contributed by atoms with Crippen molar-refractivity contribution in [3.63, 3.8) is 0 Å². The molecule has 16 nitrogen and oxygen atoms in total. The number of hydrogen-bond donors (Lipinski definition) is 4.